The molecule has 1 aromatic rings. The fraction of sp³-hybridized carbons (Fsp3) is 0.562. The van der Waals surface area contributed by atoms with Crippen LogP contribution in [-0.2, 0) is 11.2 Å². The molecule has 2 rings (SSSR count). The molecule has 2 heteroatoms. The summed E-state index contributed by atoms with van der Waals surface area (Å²) in [5, 5.41) is 0. The van der Waals surface area contributed by atoms with E-state index in [1.165, 1.54) is 37.9 Å². The van der Waals surface area contributed by atoms with Crippen LogP contribution in [0.15, 0.2) is 24.3 Å². The van der Waals surface area contributed by atoms with Crippen LogP contribution in [0, 0.1) is 0 Å². The Balaban J connectivity index is 2.02. The zero-order valence-corrected chi connectivity index (χ0v) is 11.5. The fourth-order valence-electron chi connectivity index (χ4n) is 2.77. The number of carbonyl (C=O) groups is 1. The van der Waals surface area contributed by atoms with Crippen molar-refractivity contribution >= 4 is 5.78 Å². The maximum atomic E-state index is 11.1. The van der Waals surface area contributed by atoms with E-state index in [4.69, 9.17) is 0 Å². The monoisotopic (exact) mass is 245 g/mol. The molecule has 1 aliphatic rings. The highest BCUT2D eigenvalue weighted by Gasteiger charge is 2.16. The van der Waals surface area contributed by atoms with Gasteiger partial charge in [-0.25, -0.2) is 0 Å². The van der Waals surface area contributed by atoms with Gasteiger partial charge in [-0.05, 0) is 63.4 Å². The standard InChI is InChI=1S/C16H23NO/c1-13(18)12-14-5-7-16(8-6-14)15-4-3-10-17(2)11-9-15/h5-8,15H,3-4,9-12H2,1-2H3. The number of rotatable bonds is 3. The van der Waals surface area contributed by atoms with E-state index in [-0.39, 0.29) is 5.78 Å². The van der Waals surface area contributed by atoms with Gasteiger partial charge in [0.2, 0.25) is 0 Å². The van der Waals surface area contributed by atoms with Gasteiger partial charge < -0.3 is 4.90 Å². The average molecular weight is 245 g/mol. The van der Waals surface area contributed by atoms with Crippen molar-refractivity contribution in [1.82, 2.24) is 4.90 Å². The second kappa shape index (κ2) is 6.14. The Labute approximate surface area is 110 Å². The van der Waals surface area contributed by atoms with E-state index in [9.17, 15) is 4.79 Å². The molecule has 0 saturated carbocycles. The Morgan fingerprint density at radius 3 is 2.61 bits per heavy atom. The number of carbonyl (C=O) groups excluding carboxylic acids is 1. The van der Waals surface area contributed by atoms with Gasteiger partial charge >= 0.3 is 0 Å². The molecular formula is C16H23NO. The lowest BCUT2D eigenvalue weighted by molar-refractivity contribution is -0.116. The van der Waals surface area contributed by atoms with Gasteiger partial charge in [0, 0.05) is 6.42 Å². The molecule has 0 amide bonds. The molecule has 1 aliphatic heterocycles. The molecular weight excluding hydrogens is 222 g/mol. The third-order valence-corrected chi connectivity index (χ3v) is 3.86. The molecule has 0 bridgehead atoms. The SMILES string of the molecule is CC(=O)Cc1ccc(C2CCCN(C)CC2)cc1. The van der Waals surface area contributed by atoms with Crippen LogP contribution in [0.3, 0.4) is 0 Å². The van der Waals surface area contributed by atoms with Gasteiger partial charge in [-0.3, -0.25) is 4.79 Å². The van der Waals surface area contributed by atoms with Crippen molar-refractivity contribution in [3.63, 3.8) is 0 Å². The minimum atomic E-state index is 0.235. The van der Waals surface area contributed by atoms with Gasteiger partial charge in [0.25, 0.3) is 0 Å². The van der Waals surface area contributed by atoms with Crippen LogP contribution in [0.1, 0.15) is 43.2 Å². The van der Waals surface area contributed by atoms with E-state index in [1.807, 2.05) is 0 Å². The predicted octanol–water partition coefficient (Wildman–Crippen LogP) is 3.02. The number of nitrogens with zero attached hydrogens (tertiary/aromatic N) is 1. The van der Waals surface area contributed by atoms with Gasteiger partial charge in [0.05, 0.1) is 0 Å². The zero-order chi connectivity index (χ0) is 13.0. The van der Waals surface area contributed by atoms with Crippen LogP contribution >= 0.6 is 0 Å². The van der Waals surface area contributed by atoms with E-state index < -0.39 is 0 Å². The Hall–Kier alpha value is -1.15. The predicted molar refractivity (Wildman–Crippen MR) is 74.9 cm³/mol. The number of hydrogen-bond acceptors (Lipinski definition) is 2. The average Bonchev–Trinajstić information content (AvgIpc) is 2.54. The van der Waals surface area contributed by atoms with E-state index in [0.29, 0.717) is 12.3 Å². The Kier molecular flexibility index (Phi) is 4.54. The minimum Gasteiger partial charge on any atom is -0.306 e. The van der Waals surface area contributed by atoms with Crippen molar-refractivity contribution in [2.24, 2.45) is 0 Å². The summed E-state index contributed by atoms with van der Waals surface area (Å²) in [6.45, 7) is 4.06. The number of likely N-dealkylation sites (tertiary alicyclic amines) is 1. The van der Waals surface area contributed by atoms with Gasteiger partial charge in [0.1, 0.15) is 5.78 Å². The normalized spacial score (nSPS) is 21.6. The molecule has 0 spiro atoms. The summed E-state index contributed by atoms with van der Waals surface area (Å²) in [4.78, 5) is 13.5. The summed E-state index contributed by atoms with van der Waals surface area (Å²) >= 11 is 0. The first-order chi connectivity index (χ1) is 8.65. The Morgan fingerprint density at radius 1 is 1.22 bits per heavy atom. The summed E-state index contributed by atoms with van der Waals surface area (Å²) in [6, 6.07) is 8.67. The molecule has 0 aliphatic carbocycles. The van der Waals surface area contributed by atoms with Crippen LogP contribution in [0.4, 0.5) is 0 Å². The molecule has 98 valence electrons. The zero-order valence-electron chi connectivity index (χ0n) is 11.5. The summed E-state index contributed by atoms with van der Waals surface area (Å²) < 4.78 is 0. The second-order valence-corrected chi connectivity index (χ2v) is 5.55. The Bertz CT molecular complexity index is 396. The minimum absolute atomic E-state index is 0.235. The number of Topliss-reactive ketones (excluding diaryl/α,β-unsaturated/α-hetero) is 1. The first-order valence-electron chi connectivity index (χ1n) is 6.92. The lowest BCUT2D eigenvalue weighted by Gasteiger charge is -2.15. The van der Waals surface area contributed by atoms with Crippen molar-refractivity contribution < 1.29 is 4.79 Å². The molecule has 1 saturated heterocycles. The lowest BCUT2D eigenvalue weighted by Crippen LogP contribution is -2.18. The first-order valence-corrected chi connectivity index (χ1v) is 6.92. The Morgan fingerprint density at radius 2 is 1.94 bits per heavy atom. The topological polar surface area (TPSA) is 20.3 Å². The highest BCUT2D eigenvalue weighted by molar-refractivity contribution is 5.78. The van der Waals surface area contributed by atoms with Crippen LogP contribution < -0.4 is 0 Å². The summed E-state index contributed by atoms with van der Waals surface area (Å²) in [6.07, 6.45) is 4.39. The van der Waals surface area contributed by atoms with Gasteiger partial charge in [0.15, 0.2) is 0 Å². The van der Waals surface area contributed by atoms with E-state index in [1.54, 1.807) is 6.92 Å². The summed E-state index contributed by atoms with van der Waals surface area (Å²) in [5.74, 6) is 0.931. The second-order valence-electron chi connectivity index (χ2n) is 5.55. The van der Waals surface area contributed by atoms with Crippen molar-refractivity contribution in [3.8, 4) is 0 Å². The number of benzene rings is 1. The van der Waals surface area contributed by atoms with Gasteiger partial charge in [-0.2, -0.15) is 0 Å². The van der Waals surface area contributed by atoms with Crippen LogP contribution in [0.2, 0.25) is 0 Å². The van der Waals surface area contributed by atoms with Gasteiger partial charge in [-0.1, -0.05) is 24.3 Å². The third-order valence-electron chi connectivity index (χ3n) is 3.86. The van der Waals surface area contributed by atoms with E-state index in [0.717, 1.165) is 5.56 Å². The molecule has 2 nitrogen and oxygen atoms in total. The molecule has 0 N–H and O–H groups in total. The highest BCUT2D eigenvalue weighted by Crippen LogP contribution is 2.27. The van der Waals surface area contributed by atoms with Crippen LogP contribution in [-0.4, -0.2) is 30.8 Å². The van der Waals surface area contributed by atoms with E-state index in [2.05, 4.69) is 36.2 Å². The molecule has 0 aromatic heterocycles. The molecule has 18 heavy (non-hydrogen) atoms. The summed E-state index contributed by atoms with van der Waals surface area (Å²) in [7, 11) is 2.21. The largest absolute Gasteiger partial charge is 0.306 e. The molecule has 0 radical (unpaired) electrons. The smallest absolute Gasteiger partial charge is 0.134 e. The third kappa shape index (κ3) is 3.67. The van der Waals surface area contributed by atoms with Crippen molar-refractivity contribution in [2.45, 2.75) is 38.5 Å². The highest BCUT2D eigenvalue weighted by atomic mass is 16.1. The molecule has 1 heterocycles. The van der Waals surface area contributed by atoms with Crippen molar-refractivity contribution in [2.75, 3.05) is 20.1 Å². The molecule has 1 unspecified atom stereocenters. The van der Waals surface area contributed by atoms with Crippen LogP contribution in [0.25, 0.3) is 0 Å². The lowest BCUT2D eigenvalue weighted by atomic mass is 9.91. The molecule has 1 aromatic carbocycles. The quantitative estimate of drug-likeness (QED) is 0.816. The number of hydrogen-bond donors (Lipinski definition) is 0. The molecule has 1 fully saturated rings. The number of ketones is 1. The van der Waals surface area contributed by atoms with Crippen molar-refractivity contribution in [1.29, 1.82) is 0 Å². The van der Waals surface area contributed by atoms with Gasteiger partial charge in [-0.15, -0.1) is 0 Å². The fourth-order valence-corrected chi connectivity index (χ4v) is 2.77. The van der Waals surface area contributed by atoms with Crippen molar-refractivity contribution in [3.05, 3.63) is 35.4 Å². The maximum Gasteiger partial charge on any atom is 0.134 e. The summed E-state index contributed by atoms with van der Waals surface area (Å²) in [5.41, 5.74) is 2.58. The van der Waals surface area contributed by atoms with Crippen LogP contribution in [0.5, 0.6) is 0 Å². The molecule has 1 atom stereocenters. The first kappa shape index (κ1) is 13.3. The maximum absolute atomic E-state index is 11.1. The van der Waals surface area contributed by atoms with E-state index >= 15 is 0 Å².